The maximum Gasteiger partial charge on any atom is 0.472 e. The van der Waals surface area contributed by atoms with Crippen LogP contribution < -0.4 is 19.9 Å². The minimum atomic E-state index is -4.65. The van der Waals surface area contributed by atoms with Crippen LogP contribution in [0.4, 0.5) is 5.82 Å². The SMILES string of the molecule is CCCCCCCCCCCCCCCCCCC[C@H](COP(=O)(O)OC[C@@]1(C)O[C@@H](c2ccc3c(N)ncnn23)[C@@H]2OC(C)(C)O[C@@H]21)Oc1cc(OC)c(C#N)c(OC)c1. The Hall–Kier alpha value is -3.48. The number of rotatable bonds is 29. The molecule has 0 aliphatic carbocycles. The summed E-state index contributed by atoms with van der Waals surface area (Å²) in [5.74, 6) is 0.313. The molecule has 0 amide bonds. The average molecular weight is 872 g/mol. The lowest BCUT2D eigenvalue weighted by molar-refractivity contribution is -0.212. The Morgan fingerprint density at radius 2 is 1.44 bits per heavy atom. The fourth-order valence-corrected chi connectivity index (χ4v) is 9.24. The molecule has 1 unspecified atom stereocenters. The molecule has 2 aromatic heterocycles. The molecule has 2 fully saturated rings. The molecule has 61 heavy (non-hydrogen) atoms. The molecule has 0 saturated carbocycles. The third-order valence-corrected chi connectivity index (χ3v) is 12.6. The van der Waals surface area contributed by atoms with Crippen molar-refractivity contribution in [1.29, 1.82) is 5.26 Å². The van der Waals surface area contributed by atoms with Gasteiger partial charge in [0.25, 0.3) is 0 Å². The van der Waals surface area contributed by atoms with Crippen molar-refractivity contribution in [3.63, 3.8) is 0 Å². The lowest BCUT2D eigenvalue weighted by atomic mass is 9.97. The van der Waals surface area contributed by atoms with Crippen molar-refractivity contribution in [3.05, 3.63) is 41.9 Å². The Labute approximate surface area is 362 Å². The highest BCUT2D eigenvalue weighted by atomic mass is 31.2. The molecule has 1 aromatic carbocycles. The molecular formula is C45H70N5O10P. The molecule has 340 valence electrons. The van der Waals surface area contributed by atoms with E-state index in [0.717, 1.165) is 19.3 Å². The van der Waals surface area contributed by atoms with Crippen molar-refractivity contribution in [2.24, 2.45) is 0 Å². The van der Waals surface area contributed by atoms with Gasteiger partial charge in [0.15, 0.2) is 11.6 Å². The molecule has 3 aromatic rings. The summed E-state index contributed by atoms with van der Waals surface area (Å²) in [6.07, 6.45) is 20.9. The number of phosphoric acid groups is 1. The summed E-state index contributed by atoms with van der Waals surface area (Å²) in [6, 6.07) is 8.94. The second-order valence-electron chi connectivity index (χ2n) is 17.1. The second-order valence-corrected chi connectivity index (χ2v) is 18.6. The number of methoxy groups -OCH3 is 2. The van der Waals surface area contributed by atoms with E-state index in [1.165, 1.54) is 110 Å². The van der Waals surface area contributed by atoms with Crippen LogP contribution in [0, 0.1) is 11.3 Å². The van der Waals surface area contributed by atoms with Crippen LogP contribution >= 0.6 is 7.82 Å². The summed E-state index contributed by atoms with van der Waals surface area (Å²) in [6.45, 7) is 7.05. The van der Waals surface area contributed by atoms with Gasteiger partial charge >= 0.3 is 7.82 Å². The monoisotopic (exact) mass is 871 g/mol. The van der Waals surface area contributed by atoms with Gasteiger partial charge in [0.1, 0.15) is 70.7 Å². The molecule has 2 aliphatic rings. The number of nitrogens with zero attached hydrogens (tertiary/aromatic N) is 4. The number of benzene rings is 1. The Morgan fingerprint density at radius 3 is 2.00 bits per heavy atom. The number of anilines is 1. The smallest absolute Gasteiger partial charge is 0.472 e. The largest absolute Gasteiger partial charge is 0.495 e. The summed E-state index contributed by atoms with van der Waals surface area (Å²) in [5, 5.41) is 14.1. The third-order valence-electron chi connectivity index (χ3n) is 11.7. The Bertz CT molecular complexity index is 1880. The number of hydrogen-bond donors (Lipinski definition) is 2. The molecule has 0 radical (unpaired) electrons. The van der Waals surface area contributed by atoms with Crippen LogP contribution in [0.15, 0.2) is 30.6 Å². The molecule has 2 aliphatic heterocycles. The third kappa shape index (κ3) is 13.8. The van der Waals surface area contributed by atoms with Gasteiger partial charge in [-0.25, -0.2) is 14.1 Å². The molecule has 2 saturated heterocycles. The number of aromatic nitrogens is 3. The second kappa shape index (κ2) is 23.3. The van der Waals surface area contributed by atoms with E-state index in [0.29, 0.717) is 29.2 Å². The molecule has 4 heterocycles. The van der Waals surface area contributed by atoms with Crippen LogP contribution in [0.2, 0.25) is 0 Å². The first-order valence-electron chi connectivity index (χ1n) is 22.4. The van der Waals surface area contributed by atoms with Crippen molar-refractivity contribution in [3.8, 4) is 23.3 Å². The van der Waals surface area contributed by atoms with E-state index >= 15 is 0 Å². The normalized spacial score (nSPS) is 22.2. The van der Waals surface area contributed by atoms with E-state index in [-0.39, 0.29) is 30.3 Å². The maximum absolute atomic E-state index is 13.5. The zero-order valence-corrected chi connectivity index (χ0v) is 38.2. The number of fused-ring (bicyclic) bond motifs is 2. The molecule has 0 spiro atoms. The summed E-state index contributed by atoms with van der Waals surface area (Å²) in [7, 11) is -1.73. The van der Waals surface area contributed by atoms with E-state index in [9.17, 15) is 14.7 Å². The van der Waals surface area contributed by atoms with Crippen molar-refractivity contribution in [1.82, 2.24) is 14.6 Å². The van der Waals surface area contributed by atoms with Gasteiger partial charge < -0.3 is 39.0 Å². The van der Waals surface area contributed by atoms with Crippen molar-refractivity contribution in [2.45, 2.75) is 179 Å². The number of ether oxygens (including phenoxy) is 6. The minimum Gasteiger partial charge on any atom is -0.495 e. The number of phosphoric ester groups is 1. The topological polar surface area (TPSA) is 191 Å². The standard InChI is InChI=1S/C45H70N5O10P/c1-7-8-9-10-11-12-13-14-15-16-17-18-19-20-21-22-23-24-33(57-34-27-38(53-5)35(29-46)39(28-34)54-6)30-55-61(51,52)56-31-45(4)42-41(58-44(2,3)60-42)40(59-45)36-25-26-37-43(47)48-32-49-50(36)37/h25-28,32-33,40-42H,7-24,30-31H2,1-6H3,(H,51,52)(H2,47,48,49)/t33-,40+,41+,42+,45-/m1/s1. The van der Waals surface area contributed by atoms with Crippen molar-refractivity contribution >= 4 is 19.2 Å². The first-order valence-corrected chi connectivity index (χ1v) is 23.9. The molecule has 6 atom stereocenters. The summed E-state index contributed by atoms with van der Waals surface area (Å²) < 4.78 is 62.8. The number of hydrogen-bond acceptors (Lipinski definition) is 13. The summed E-state index contributed by atoms with van der Waals surface area (Å²) >= 11 is 0. The van der Waals surface area contributed by atoms with Crippen LogP contribution in [0.5, 0.6) is 17.2 Å². The van der Waals surface area contributed by atoms with Crippen LogP contribution in [0.3, 0.4) is 0 Å². The Kier molecular flexibility index (Phi) is 18.5. The number of nitriles is 1. The first-order chi connectivity index (χ1) is 29.3. The number of nitrogens with two attached hydrogens (primary N) is 1. The first kappa shape index (κ1) is 48.6. The van der Waals surface area contributed by atoms with Gasteiger partial charge in [0.2, 0.25) is 0 Å². The highest BCUT2D eigenvalue weighted by molar-refractivity contribution is 7.47. The van der Waals surface area contributed by atoms with E-state index in [1.54, 1.807) is 43.5 Å². The van der Waals surface area contributed by atoms with Gasteiger partial charge in [0.05, 0.1) is 33.1 Å². The van der Waals surface area contributed by atoms with Crippen LogP contribution in [-0.4, -0.2) is 76.6 Å². The lowest BCUT2D eigenvalue weighted by Gasteiger charge is -2.31. The van der Waals surface area contributed by atoms with Crippen molar-refractivity contribution in [2.75, 3.05) is 33.2 Å². The Balaban J connectivity index is 1.13. The highest BCUT2D eigenvalue weighted by Crippen LogP contribution is 2.53. The van der Waals surface area contributed by atoms with Crippen LogP contribution in [0.1, 0.15) is 161 Å². The van der Waals surface area contributed by atoms with Crippen LogP contribution in [-0.2, 0) is 27.8 Å². The fourth-order valence-electron chi connectivity index (χ4n) is 8.40. The molecular weight excluding hydrogens is 801 g/mol. The quantitative estimate of drug-likeness (QED) is 0.0495. The maximum atomic E-state index is 13.5. The van der Waals surface area contributed by atoms with Gasteiger partial charge in [0, 0.05) is 12.1 Å². The Morgan fingerprint density at radius 1 is 0.869 bits per heavy atom. The summed E-state index contributed by atoms with van der Waals surface area (Å²) in [4.78, 5) is 15.1. The highest BCUT2D eigenvalue weighted by Gasteiger charge is 2.62. The van der Waals surface area contributed by atoms with E-state index in [2.05, 4.69) is 23.1 Å². The van der Waals surface area contributed by atoms with Gasteiger partial charge in [-0.15, -0.1) is 0 Å². The molecule has 16 heteroatoms. The van der Waals surface area contributed by atoms with Gasteiger partial charge in [-0.1, -0.05) is 110 Å². The summed E-state index contributed by atoms with van der Waals surface area (Å²) in [5.41, 5.74) is 6.38. The van der Waals surface area contributed by atoms with E-state index in [1.807, 2.05) is 6.07 Å². The predicted octanol–water partition coefficient (Wildman–Crippen LogP) is 10.2. The van der Waals surface area contributed by atoms with Crippen molar-refractivity contribution < 1.29 is 46.9 Å². The van der Waals surface area contributed by atoms with Gasteiger partial charge in [-0.2, -0.15) is 10.4 Å². The number of nitrogen functional groups attached to an aromatic ring is 1. The van der Waals surface area contributed by atoms with E-state index in [4.69, 9.17) is 43.2 Å². The molecule has 15 nitrogen and oxygen atoms in total. The zero-order valence-electron chi connectivity index (χ0n) is 37.3. The molecule has 5 rings (SSSR count). The average Bonchev–Trinajstić information content (AvgIpc) is 3.90. The van der Waals surface area contributed by atoms with E-state index < -0.39 is 43.6 Å². The lowest BCUT2D eigenvalue weighted by Crippen LogP contribution is -2.44. The van der Waals surface area contributed by atoms with Gasteiger partial charge in [-0.05, 0) is 45.7 Å². The molecule has 3 N–H and O–H groups in total. The van der Waals surface area contributed by atoms with Gasteiger partial charge in [-0.3, -0.25) is 9.05 Å². The predicted molar refractivity (Wildman–Crippen MR) is 233 cm³/mol. The molecule has 0 bridgehead atoms. The van der Waals surface area contributed by atoms with Crippen LogP contribution in [0.25, 0.3) is 5.52 Å². The number of unbranched alkanes of at least 4 members (excludes halogenated alkanes) is 16. The minimum absolute atomic E-state index is 0.237. The zero-order chi connectivity index (χ0) is 43.9. The fraction of sp³-hybridized carbons (Fsp3) is 0.711.